The van der Waals surface area contributed by atoms with Gasteiger partial charge in [-0.1, -0.05) is 23.2 Å². The lowest BCUT2D eigenvalue weighted by Gasteiger charge is -2.22. The molecule has 8 nitrogen and oxygen atoms in total. The minimum Gasteiger partial charge on any atom is -0.375 e. The zero-order chi connectivity index (χ0) is 19.8. The number of halogens is 2. The van der Waals surface area contributed by atoms with Crippen molar-refractivity contribution < 1.29 is 14.6 Å². The molecule has 0 aliphatic carbocycles. The van der Waals surface area contributed by atoms with Crippen LogP contribution >= 0.6 is 23.2 Å². The van der Waals surface area contributed by atoms with Crippen molar-refractivity contribution in [1.82, 2.24) is 9.80 Å². The van der Waals surface area contributed by atoms with Crippen molar-refractivity contribution in [2.45, 2.75) is 25.9 Å². The summed E-state index contributed by atoms with van der Waals surface area (Å²) in [6.45, 7) is 5.89. The molecule has 2 heterocycles. The standard InChI is InChI=1S/C17H20Cl2N4O4/c1-17(2)8-11(10-27-17)9-21-5-6-22(16(21)20-23(25)26)15(24)13-4-3-12(18)7-14(13)19/h3-4,7,11H,5-6,8-10H2,1-2H3. The van der Waals surface area contributed by atoms with Crippen LogP contribution in [0.1, 0.15) is 30.6 Å². The maximum Gasteiger partial charge on any atom is 0.281 e. The molecule has 0 saturated carbocycles. The molecule has 146 valence electrons. The van der Waals surface area contributed by atoms with Crippen molar-refractivity contribution in [2.24, 2.45) is 11.0 Å². The number of carbonyl (C=O) groups excluding carboxylic acids is 1. The Hall–Kier alpha value is -1.90. The lowest BCUT2D eigenvalue weighted by Crippen LogP contribution is -2.40. The highest BCUT2D eigenvalue weighted by Gasteiger charge is 2.39. The summed E-state index contributed by atoms with van der Waals surface area (Å²) in [5.74, 6) is -0.199. The van der Waals surface area contributed by atoms with E-state index < -0.39 is 10.9 Å². The van der Waals surface area contributed by atoms with Gasteiger partial charge in [0.2, 0.25) is 0 Å². The van der Waals surface area contributed by atoms with Crippen LogP contribution in [-0.2, 0) is 4.74 Å². The van der Waals surface area contributed by atoms with E-state index in [1.807, 2.05) is 13.8 Å². The first-order chi connectivity index (χ1) is 12.7. The second-order valence-corrected chi connectivity index (χ2v) is 8.15. The van der Waals surface area contributed by atoms with Crippen LogP contribution in [0.15, 0.2) is 23.3 Å². The predicted octanol–water partition coefficient (Wildman–Crippen LogP) is 3.11. The fourth-order valence-corrected chi connectivity index (χ4v) is 4.03. The molecule has 2 aliphatic heterocycles. The number of ether oxygens (including phenoxy) is 1. The molecule has 0 N–H and O–H groups in total. The van der Waals surface area contributed by atoms with Crippen LogP contribution in [-0.4, -0.2) is 58.5 Å². The van der Waals surface area contributed by atoms with E-state index in [0.29, 0.717) is 31.3 Å². The number of hydrogen-bond donors (Lipinski definition) is 0. The van der Waals surface area contributed by atoms with Crippen LogP contribution in [0.2, 0.25) is 10.0 Å². The first-order valence-corrected chi connectivity index (χ1v) is 9.31. The van der Waals surface area contributed by atoms with Crippen LogP contribution in [0, 0.1) is 16.0 Å². The van der Waals surface area contributed by atoms with Crippen LogP contribution in [0.5, 0.6) is 0 Å². The summed E-state index contributed by atoms with van der Waals surface area (Å²) in [7, 11) is 0. The monoisotopic (exact) mass is 414 g/mol. The van der Waals surface area contributed by atoms with Crippen LogP contribution in [0.3, 0.4) is 0 Å². The third kappa shape index (κ3) is 4.51. The van der Waals surface area contributed by atoms with Crippen LogP contribution < -0.4 is 0 Å². The lowest BCUT2D eigenvalue weighted by molar-refractivity contribution is -0.486. The molecule has 1 aromatic rings. The van der Waals surface area contributed by atoms with Crippen molar-refractivity contribution in [3.8, 4) is 0 Å². The maximum atomic E-state index is 12.9. The number of nitrogens with zero attached hydrogens (tertiary/aromatic N) is 4. The average Bonchev–Trinajstić information content (AvgIpc) is 3.10. The molecular weight excluding hydrogens is 395 g/mol. The summed E-state index contributed by atoms with van der Waals surface area (Å²) >= 11 is 12.0. The minimum atomic E-state index is -0.785. The van der Waals surface area contributed by atoms with E-state index in [4.69, 9.17) is 27.9 Å². The Bertz CT molecular complexity index is 799. The topological polar surface area (TPSA) is 88.3 Å². The minimum absolute atomic E-state index is 0.0284. The fourth-order valence-electron chi connectivity index (χ4n) is 3.54. The number of guanidine groups is 1. The maximum absolute atomic E-state index is 12.9. The molecular formula is C17H20Cl2N4O4. The summed E-state index contributed by atoms with van der Waals surface area (Å²) < 4.78 is 5.74. The first kappa shape index (κ1) is 19.9. The summed E-state index contributed by atoms with van der Waals surface area (Å²) in [4.78, 5) is 27.0. The van der Waals surface area contributed by atoms with Gasteiger partial charge < -0.3 is 9.64 Å². The second-order valence-electron chi connectivity index (χ2n) is 7.31. The van der Waals surface area contributed by atoms with Gasteiger partial charge in [-0.05, 0) is 38.5 Å². The Labute approximate surface area is 166 Å². The van der Waals surface area contributed by atoms with E-state index >= 15 is 0 Å². The van der Waals surface area contributed by atoms with Crippen molar-refractivity contribution >= 4 is 35.1 Å². The van der Waals surface area contributed by atoms with Gasteiger partial charge in [0.1, 0.15) is 5.10 Å². The molecule has 10 heteroatoms. The number of rotatable bonds is 4. The molecule has 2 fully saturated rings. The van der Waals surface area contributed by atoms with E-state index in [2.05, 4.69) is 5.10 Å². The van der Waals surface area contributed by atoms with Gasteiger partial charge in [-0.15, -0.1) is 0 Å². The van der Waals surface area contributed by atoms with Gasteiger partial charge in [0.05, 0.1) is 22.8 Å². The third-order valence-electron chi connectivity index (χ3n) is 4.66. The normalized spacial score (nSPS) is 23.3. The Balaban J connectivity index is 1.81. The highest BCUT2D eigenvalue weighted by atomic mass is 35.5. The number of benzene rings is 1. The Morgan fingerprint density at radius 1 is 1.41 bits per heavy atom. The van der Waals surface area contributed by atoms with Gasteiger partial charge in [0.25, 0.3) is 11.9 Å². The van der Waals surface area contributed by atoms with Crippen molar-refractivity contribution in [1.29, 1.82) is 0 Å². The average molecular weight is 415 g/mol. The molecule has 0 bridgehead atoms. The Morgan fingerprint density at radius 2 is 2.15 bits per heavy atom. The van der Waals surface area contributed by atoms with Gasteiger partial charge in [0, 0.05) is 30.6 Å². The third-order valence-corrected chi connectivity index (χ3v) is 5.21. The first-order valence-electron chi connectivity index (χ1n) is 8.55. The summed E-state index contributed by atoms with van der Waals surface area (Å²) in [5.41, 5.74) is 0.0150. The van der Waals surface area contributed by atoms with E-state index in [1.54, 1.807) is 11.0 Å². The zero-order valence-electron chi connectivity index (χ0n) is 15.0. The van der Waals surface area contributed by atoms with E-state index in [0.717, 1.165) is 6.42 Å². The lowest BCUT2D eigenvalue weighted by atomic mass is 9.97. The number of nitro groups is 1. The zero-order valence-corrected chi connectivity index (χ0v) is 16.5. The van der Waals surface area contributed by atoms with E-state index in [-0.39, 0.29) is 28.1 Å². The molecule has 0 aromatic heterocycles. The molecule has 0 radical (unpaired) electrons. The predicted molar refractivity (Wildman–Crippen MR) is 102 cm³/mol. The van der Waals surface area contributed by atoms with Gasteiger partial charge in [-0.3, -0.25) is 9.69 Å². The molecule has 0 spiro atoms. The van der Waals surface area contributed by atoms with Crippen LogP contribution in [0.25, 0.3) is 0 Å². The summed E-state index contributed by atoms with van der Waals surface area (Å²) in [5, 5.41) is 14.3. The molecule has 1 amide bonds. The summed E-state index contributed by atoms with van der Waals surface area (Å²) in [6.07, 6.45) is 0.839. The number of carbonyl (C=O) groups is 1. The molecule has 2 aliphatic rings. The molecule has 2 saturated heterocycles. The van der Waals surface area contributed by atoms with Crippen molar-refractivity contribution in [3.63, 3.8) is 0 Å². The Morgan fingerprint density at radius 3 is 2.74 bits per heavy atom. The molecule has 3 rings (SSSR count). The molecule has 27 heavy (non-hydrogen) atoms. The SMILES string of the molecule is CC1(C)CC(CN2CCN(C(=O)c3ccc(Cl)cc3Cl)C2=N[N+](=O)[O-])CO1. The quantitative estimate of drug-likeness (QED) is 0.557. The van der Waals surface area contributed by atoms with Gasteiger partial charge in [-0.2, -0.15) is 0 Å². The molecule has 1 aromatic carbocycles. The number of hydrazone groups is 1. The summed E-state index contributed by atoms with van der Waals surface area (Å²) in [6, 6.07) is 4.52. The molecule has 1 unspecified atom stereocenters. The molecule has 1 atom stereocenters. The van der Waals surface area contributed by atoms with Crippen LogP contribution in [0.4, 0.5) is 0 Å². The van der Waals surface area contributed by atoms with E-state index in [9.17, 15) is 14.9 Å². The van der Waals surface area contributed by atoms with Gasteiger partial charge in [0.15, 0.2) is 5.03 Å². The number of hydrogen-bond acceptors (Lipinski definition) is 4. The van der Waals surface area contributed by atoms with Gasteiger partial charge >= 0.3 is 0 Å². The second kappa shape index (κ2) is 7.61. The van der Waals surface area contributed by atoms with Gasteiger partial charge in [-0.25, -0.2) is 10.1 Å². The fraction of sp³-hybridized carbons (Fsp3) is 0.529. The Kier molecular flexibility index (Phi) is 5.60. The number of amides is 1. The highest BCUT2D eigenvalue weighted by molar-refractivity contribution is 6.37. The van der Waals surface area contributed by atoms with E-state index in [1.165, 1.54) is 17.0 Å². The smallest absolute Gasteiger partial charge is 0.281 e. The van der Waals surface area contributed by atoms with Crippen molar-refractivity contribution in [2.75, 3.05) is 26.2 Å². The largest absolute Gasteiger partial charge is 0.375 e. The van der Waals surface area contributed by atoms with Crippen molar-refractivity contribution in [3.05, 3.63) is 43.9 Å². The highest BCUT2D eigenvalue weighted by Crippen LogP contribution is 2.31.